The third kappa shape index (κ3) is 4.70. The van der Waals surface area contributed by atoms with Gasteiger partial charge in [0.2, 0.25) is 5.91 Å². The van der Waals surface area contributed by atoms with Gasteiger partial charge in [-0.3, -0.25) is 9.48 Å². The van der Waals surface area contributed by atoms with E-state index in [0.717, 1.165) is 23.5 Å². The van der Waals surface area contributed by atoms with Crippen LogP contribution < -0.4 is 0 Å². The SMILES string of the molecule is CN(Cc1ccc(-c2ccc(Cl)cc2)o1)C(=O)CCCn1cncn1. The highest BCUT2D eigenvalue weighted by atomic mass is 35.5. The number of amides is 1. The zero-order chi connectivity index (χ0) is 17.6. The van der Waals surface area contributed by atoms with E-state index in [9.17, 15) is 4.79 Å². The number of hydrogen-bond donors (Lipinski definition) is 0. The van der Waals surface area contributed by atoms with Crippen molar-refractivity contribution in [3.05, 3.63) is 59.8 Å². The minimum Gasteiger partial charge on any atom is -0.459 e. The van der Waals surface area contributed by atoms with Crippen molar-refractivity contribution in [3.63, 3.8) is 0 Å². The number of rotatable bonds is 7. The molecular formula is C18H19ClN4O2. The lowest BCUT2D eigenvalue weighted by atomic mass is 10.2. The van der Waals surface area contributed by atoms with E-state index < -0.39 is 0 Å². The van der Waals surface area contributed by atoms with Crippen molar-refractivity contribution in [1.82, 2.24) is 19.7 Å². The number of hydrogen-bond acceptors (Lipinski definition) is 4. The summed E-state index contributed by atoms with van der Waals surface area (Å²) in [6, 6.07) is 11.3. The summed E-state index contributed by atoms with van der Waals surface area (Å²) in [5.74, 6) is 1.58. The van der Waals surface area contributed by atoms with Gasteiger partial charge in [0.15, 0.2) is 0 Å². The Morgan fingerprint density at radius 2 is 2.04 bits per heavy atom. The van der Waals surface area contributed by atoms with Gasteiger partial charge in [-0.1, -0.05) is 11.6 Å². The highest BCUT2D eigenvalue weighted by Crippen LogP contribution is 2.24. The molecule has 0 N–H and O–H groups in total. The molecule has 1 amide bonds. The quantitative estimate of drug-likeness (QED) is 0.647. The molecule has 0 unspecified atom stereocenters. The molecule has 130 valence electrons. The van der Waals surface area contributed by atoms with Crippen LogP contribution in [0.2, 0.25) is 5.02 Å². The third-order valence-electron chi connectivity index (χ3n) is 3.85. The minimum absolute atomic E-state index is 0.0737. The molecule has 0 fully saturated rings. The fourth-order valence-corrected chi connectivity index (χ4v) is 2.61. The van der Waals surface area contributed by atoms with Crippen molar-refractivity contribution in [3.8, 4) is 11.3 Å². The Morgan fingerprint density at radius 1 is 1.24 bits per heavy atom. The second-order valence-corrected chi connectivity index (χ2v) is 6.22. The summed E-state index contributed by atoms with van der Waals surface area (Å²) in [4.78, 5) is 17.8. The summed E-state index contributed by atoms with van der Waals surface area (Å²) < 4.78 is 7.55. The van der Waals surface area contributed by atoms with Crippen LogP contribution in [0.5, 0.6) is 0 Å². The molecule has 0 spiro atoms. The van der Waals surface area contributed by atoms with Crippen molar-refractivity contribution < 1.29 is 9.21 Å². The van der Waals surface area contributed by atoms with Crippen LogP contribution in [-0.2, 0) is 17.9 Å². The fraction of sp³-hybridized carbons (Fsp3) is 0.278. The topological polar surface area (TPSA) is 64.2 Å². The number of benzene rings is 1. The Hall–Kier alpha value is -2.60. The molecule has 1 aromatic carbocycles. The maximum atomic E-state index is 12.2. The van der Waals surface area contributed by atoms with E-state index in [1.165, 1.54) is 6.33 Å². The van der Waals surface area contributed by atoms with E-state index in [0.29, 0.717) is 24.5 Å². The first kappa shape index (κ1) is 17.2. The van der Waals surface area contributed by atoms with E-state index in [1.807, 2.05) is 36.4 Å². The zero-order valence-corrected chi connectivity index (χ0v) is 14.7. The van der Waals surface area contributed by atoms with E-state index in [1.54, 1.807) is 23.0 Å². The van der Waals surface area contributed by atoms with Crippen LogP contribution in [0.15, 0.2) is 53.5 Å². The molecule has 0 bridgehead atoms. The van der Waals surface area contributed by atoms with Crippen molar-refractivity contribution in [1.29, 1.82) is 0 Å². The molecule has 0 radical (unpaired) electrons. The molecule has 25 heavy (non-hydrogen) atoms. The molecule has 3 aromatic rings. The van der Waals surface area contributed by atoms with Crippen LogP contribution in [0.3, 0.4) is 0 Å². The summed E-state index contributed by atoms with van der Waals surface area (Å²) in [5.41, 5.74) is 0.956. The first-order valence-electron chi connectivity index (χ1n) is 8.03. The summed E-state index contributed by atoms with van der Waals surface area (Å²) in [7, 11) is 1.78. The third-order valence-corrected chi connectivity index (χ3v) is 4.11. The van der Waals surface area contributed by atoms with E-state index >= 15 is 0 Å². The smallest absolute Gasteiger partial charge is 0.222 e. The van der Waals surface area contributed by atoms with Crippen LogP contribution in [0.1, 0.15) is 18.6 Å². The molecule has 0 saturated carbocycles. The van der Waals surface area contributed by atoms with Crippen molar-refractivity contribution in [2.24, 2.45) is 0 Å². The van der Waals surface area contributed by atoms with E-state index in [2.05, 4.69) is 10.1 Å². The van der Waals surface area contributed by atoms with Gasteiger partial charge in [0.1, 0.15) is 24.2 Å². The van der Waals surface area contributed by atoms with Gasteiger partial charge in [-0.25, -0.2) is 4.98 Å². The number of furan rings is 1. The average Bonchev–Trinajstić information content (AvgIpc) is 3.27. The Kier molecular flexibility index (Phi) is 5.50. The van der Waals surface area contributed by atoms with Crippen LogP contribution in [0.25, 0.3) is 11.3 Å². The standard InChI is InChI=1S/C18H19ClN4O2/c1-22(18(24)3-2-10-23-13-20-12-21-23)11-16-8-9-17(25-16)14-4-6-15(19)7-5-14/h4-9,12-13H,2-3,10-11H2,1H3. The first-order valence-corrected chi connectivity index (χ1v) is 8.40. The highest BCUT2D eigenvalue weighted by molar-refractivity contribution is 6.30. The molecule has 7 heteroatoms. The van der Waals surface area contributed by atoms with E-state index in [4.69, 9.17) is 16.0 Å². The Balaban J connectivity index is 1.51. The van der Waals surface area contributed by atoms with Gasteiger partial charge in [0.05, 0.1) is 6.54 Å². The molecule has 0 atom stereocenters. The monoisotopic (exact) mass is 358 g/mol. The number of aryl methyl sites for hydroxylation is 1. The molecule has 2 heterocycles. The van der Waals surface area contributed by atoms with Gasteiger partial charge in [0, 0.05) is 30.6 Å². The maximum Gasteiger partial charge on any atom is 0.222 e. The molecular weight excluding hydrogens is 340 g/mol. The predicted octanol–water partition coefficient (Wildman–Crippen LogP) is 3.63. The fourth-order valence-electron chi connectivity index (χ4n) is 2.49. The van der Waals surface area contributed by atoms with Gasteiger partial charge in [-0.2, -0.15) is 5.10 Å². The zero-order valence-electron chi connectivity index (χ0n) is 13.9. The largest absolute Gasteiger partial charge is 0.459 e. The van der Waals surface area contributed by atoms with Crippen LogP contribution in [-0.4, -0.2) is 32.6 Å². The molecule has 2 aromatic heterocycles. The summed E-state index contributed by atoms with van der Waals surface area (Å²) in [6.45, 7) is 1.12. The molecule has 6 nitrogen and oxygen atoms in total. The van der Waals surface area contributed by atoms with Crippen LogP contribution in [0, 0.1) is 0 Å². The molecule has 0 aliphatic heterocycles. The lowest BCUT2D eigenvalue weighted by molar-refractivity contribution is -0.130. The predicted molar refractivity (Wildman–Crippen MR) is 94.9 cm³/mol. The Bertz CT molecular complexity index is 812. The van der Waals surface area contributed by atoms with Gasteiger partial charge < -0.3 is 9.32 Å². The first-order chi connectivity index (χ1) is 12.1. The highest BCUT2D eigenvalue weighted by Gasteiger charge is 2.12. The van der Waals surface area contributed by atoms with Crippen LogP contribution in [0.4, 0.5) is 0 Å². The summed E-state index contributed by atoms with van der Waals surface area (Å²) in [6.07, 6.45) is 4.32. The van der Waals surface area contributed by atoms with Crippen molar-refractivity contribution >= 4 is 17.5 Å². The average molecular weight is 359 g/mol. The molecule has 0 aliphatic rings. The van der Waals surface area contributed by atoms with E-state index in [-0.39, 0.29) is 5.91 Å². The van der Waals surface area contributed by atoms with Gasteiger partial charge in [0.25, 0.3) is 0 Å². The Labute approximate surface area is 151 Å². The minimum atomic E-state index is 0.0737. The number of halogens is 1. The molecule has 3 rings (SSSR count). The number of carbonyl (C=O) groups is 1. The van der Waals surface area contributed by atoms with Gasteiger partial charge in [-0.05, 0) is 42.8 Å². The number of carbonyl (C=O) groups excluding carboxylic acids is 1. The van der Waals surface area contributed by atoms with Gasteiger partial charge in [-0.15, -0.1) is 0 Å². The number of nitrogens with zero attached hydrogens (tertiary/aromatic N) is 4. The Morgan fingerprint density at radius 3 is 2.76 bits per heavy atom. The van der Waals surface area contributed by atoms with Crippen LogP contribution >= 0.6 is 11.6 Å². The lowest BCUT2D eigenvalue weighted by Crippen LogP contribution is -2.26. The summed E-state index contributed by atoms with van der Waals surface area (Å²) >= 11 is 5.90. The second-order valence-electron chi connectivity index (χ2n) is 5.78. The van der Waals surface area contributed by atoms with Crippen molar-refractivity contribution in [2.75, 3.05) is 7.05 Å². The summed E-state index contributed by atoms with van der Waals surface area (Å²) in [5, 5.41) is 4.71. The lowest BCUT2D eigenvalue weighted by Gasteiger charge is -2.15. The normalized spacial score (nSPS) is 10.8. The van der Waals surface area contributed by atoms with Crippen molar-refractivity contribution in [2.45, 2.75) is 25.9 Å². The number of aromatic nitrogens is 3. The van der Waals surface area contributed by atoms with Gasteiger partial charge >= 0.3 is 0 Å². The second kappa shape index (κ2) is 7.98. The molecule has 0 saturated heterocycles. The molecule has 0 aliphatic carbocycles. The maximum absolute atomic E-state index is 12.2.